The number of carbonyl (C=O) groups excluding carboxylic acids is 1. The van der Waals surface area contributed by atoms with Gasteiger partial charge in [-0.25, -0.2) is 4.39 Å². The minimum absolute atomic E-state index is 0.201. The van der Waals surface area contributed by atoms with Crippen molar-refractivity contribution in [1.82, 2.24) is 4.90 Å². The molecule has 1 saturated heterocycles. The van der Waals surface area contributed by atoms with Crippen molar-refractivity contribution in [1.29, 1.82) is 0 Å². The largest absolute Gasteiger partial charge is 0.480 e. The third-order valence-corrected chi connectivity index (χ3v) is 3.70. The van der Waals surface area contributed by atoms with E-state index in [0.717, 1.165) is 0 Å². The minimum atomic E-state index is -1.02. The van der Waals surface area contributed by atoms with Crippen LogP contribution in [-0.2, 0) is 9.59 Å². The first kappa shape index (κ1) is 14.5. The molecule has 3 N–H and O–H groups in total. The number of nitrogens with two attached hydrogens (primary N) is 1. The lowest BCUT2D eigenvalue weighted by Gasteiger charge is -2.34. The van der Waals surface area contributed by atoms with E-state index in [1.165, 1.54) is 18.2 Å². The Morgan fingerprint density at radius 3 is 2.50 bits per heavy atom. The Hall–Kier alpha value is -1.95. The van der Waals surface area contributed by atoms with E-state index in [1.807, 2.05) is 0 Å². The van der Waals surface area contributed by atoms with Crippen molar-refractivity contribution in [2.75, 3.05) is 13.1 Å². The molecule has 108 valence electrons. The summed E-state index contributed by atoms with van der Waals surface area (Å²) in [6.07, 6.45) is 1.07. The predicted octanol–water partition coefficient (Wildman–Crippen LogP) is 1.15. The molecular weight excluding hydrogens is 263 g/mol. The van der Waals surface area contributed by atoms with Crippen molar-refractivity contribution >= 4 is 11.9 Å². The zero-order valence-corrected chi connectivity index (χ0v) is 11.0. The lowest BCUT2D eigenvalue weighted by Crippen LogP contribution is -2.42. The van der Waals surface area contributed by atoms with E-state index in [4.69, 9.17) is 5.73 Å². The molecule has 1 aliphatic rings. The maximum Gasteiger partial charge on any atom is 0.325 e. The molecule has 1 heterocycles. The summed E-state index contributed by atoms with van der Waals surface area (Å²) in [6, 6.07) is 4.72. The van der Waals surface area contributed by atoms with Crippen LogP contribution < -0.4 is 5.73 Å². The van der Waals surface area contributed by atoms with E-state index in [9.17, 15) is 19.1 Å². The number of halogens is 1. The lowest BCUT2D eigenvalue weighted by molar-refractivity contribution is -0.144. The third kappa shape index (κ3) is 3.14. The third-order valence-electron chi connectivity index (χ3n) is 3.70. The molecule has 0 spiro atoms. The first-order valence-corrected chi connectivity index (χ1v) is 6.50. The second-order valence-electron chi connectivity index (χ2n) is 5.01. The summed E-state index contributed by atoms with van der Waals surface area (Å²) in [6.45, 7) is 0.919. The summed E-state index contributed by atoms with van der Waals surface area (Å²) in [7, 11) is 0. The van der Waals surface area contributed by atoms with Gasteiger partial charge >= 0.3 is 5.97 Å². The van der Waals surface area contributed by atoms with Crippen LogP contribution in [0.15, 0.2) is 24.3 Å². The highest BCUT2D eigenvalue weighted by Gasteiger charge is 2.32. The highest BCUT2D eigenvalue weighted by Crippen LogP contribution is 2.27. The van der Waals surface area contributed by atoms with Gasteiger partial charge in [0.15, 0.2) is 0 Å². The SMILES string of the molecule is NC(=O)C1CCN(C(C(=O)O)c2cccc(F)c2)CC1. The first-order chi connectivity index (χ1) is 9.49. The molecule has 1 aliphatic heterocycles. The van der Waals surface area contributed by atoms with E-state index in [1.54, 1.807) is 11.0 Å². The zero-order chi connectivity index (χ0) is 14.7. The fourth-order valence-corrected chi connectivity index (χ4v) is 2.63. The van der Waals surface area contributed by atoms with Crippen LogP contribution in [0.2, 0.25) is 0 Å². The van der Waals surface area contributed by atoms with Crippen molar-refractivity contribution in [3.05, 3.63) is 35.6 Å². The monoisotopic (exact) mass is 280 g/mol. The van der Waals surface area contributed by atoms with Gasteiger partial charge in [-0.2, -0.15) is 0 Å². The predicted molar refractivity (Wildman–Crippen MR) is 70.3 cm³/mol. The molecule has 5 nitrogen and oxygen atoms in total. The van der Waals surface area contributed by atoms with Gasteiger partial charge in [-0.15, -0.1) is 0 Å². The smallest absolute Gasteiger partial charge is 0.325 e. The number of likely N-dealkylation sites (tertiary alicyclic amines) is 1. The number of carboxylic acids is 1. The van der Waals surface area contributed by atoms with Crippen LogP contribution in [-0.4, -0.2) is 35.0 Å². The van der Waals surface area contributed by atoms with Crippen LogP contribution >= 0.6 is 0 Å². The number of piperidine rings is 1. The van der Waals surface area contributed by atoms with Gasteiger partial charge < -0.3 is 10.8 Å². The number of hydrogen-bond acceptors (Lipinski definition) is 3. The normalized spacial score (nSPS) is 18.6. The number of amides is 1. The van der Waals surface area contributed by atoms with Gasteiger partial charge in [0.1, 0.15) is 11.9 Å². The average Bonchev–Trinajstić information content (AvgIpc) is 2.39. The molecule has 6 heteroatoms. The number of carbonyl (C=O) groups is 2. The van der Waals surface area contributed by atoms with Gasteiger partial charge in [0.05, 0.1) is 0 Å². The van der Waals surface area contributed by atoms with Crippen molar-refractivity contribution in [2.45, 2.75) is 18.9 Å². The number of benzene rings is 1. The van der Waals surface area contributed by atoms with Crippen molar-refractivity contribution in [3.63, 3.8) is 0 Å². The van der Waals surface area contributed by atoms with Crippen molar-refractivity contribution in [2.24, 2.45) is 11.7 Å². The molecule has 1 amide bonds. The Kier molecular flexibility index (Phi) is 4.34. The summed E-state index contributed by atoms with van der Waals surface area (Å²) >= 11 is 0. The van der Waals surface area contributed by atoms with E-state index >= 15 is 0 Å². The molecule has 1 aromatic carbocycles. The van der Waals surface area contributed by atoms with Crippen LogP contribution in [0.3, 0.4) is 0 Å². The van der Waals surface area contributed by atoms with Crippen LogP contribution in [0.4, 0.5) is 4.39 Å². The second-order valence-corrected chi connectivity index (χ2v) is 5.01. The fraction of sp³-hybridized carbons (Fsp3) is 0.429. The average molecular weight is 280 g/mol. The molecule has 1 atom stereocenters. The van der Waals surface area contributed by atoms with E-state index < -0.39 is 17.8 Å². The molecule has 1 unspecified atom stereocenters. The van der Waals surface area contributed by atoms with Crippen molar-refractivity contribution in [3.8, 4) is 0 Å². The van der Waals surface area contributed by atoms with Gasteiger partial charge in [0.25, 0.3) is 0 Å². The maximum atomic E-state index is 13.3. The summed E-state index contributed by atoms with van der Waals surface area (Å²) < 4.78 is 13.3. The topological polar surface area (TPSA) is 83.6 Å². The molecule has 0 bridgehead atoms. The van der Waals surface area contributed by atoms with Crippen molar-refractivity contribution < 1.29 is 19.1 Å². The van der Waals surface area contributed by atoms with E-state index in [2.05, 4.69) is 0 Å². The van der Waals surface area contributed by atoms with E-state index in [0.29, 0.717) is 31.5 Å². The van der Waals surface area contributed by atoms with Crippen LogP contribution in [0, 0.1) is 11.7 Å². The van der Waals surface area contributed by atoms with Gasteiger partial charge in [0, 0.05) is 19.0 Å². The highest BCUT2D eigenvalue weighted by molar-refractivity contribution is 5.77. The molecule has 0 aromatic heterocycles. The Morgan fingerprint density at radius 1 is 1.35 bits per heavy atom. The standard InChI is InChI=1S/C14H17FN2O3/c15-11-3-1-2-10(8-11)12(14(19)20)17-6-4-9(5-7-17)13(16)18/h1-3,8-9,12H,4-7H2,(H2,16,18)(H,19,20). The van der Waals surface area contributed by atoms with Crippen LogP contribution in [0.1, 0.15) is 24.4 Å². The summed E-state index contributed by atoms with van der Waals surface area (Å²) in [5, 5.41) is 9.39. The first-order valence-electron chi connectivity index (χ1n) is 6.50. The number of hydrogen-bond donors (Lipinski definition) is 2. The Labute approximate surface area is 116 Å². The number of carboxylic acid groups (broad SMARTS) is 1. The molecule has 1 fully saturated rings. The maximum absolute atomic E-state index is 13.3. The minimum Gasteiger partial charge on any atom is -0.480 e. The Morgan fingerprint density at radius 2 is 2.00 bits per heavy atom. The van der Waals surface area contributed by atoms with Gasteiger partial charge in [-0.05, 0) is 30.5 Å². The second kappa shape index (κ2) is 6.00. The Balaban J connectivity index is 2.15. The van der Waals surface area contributed by atoms with Gasteiger partial charge in [-0.3, -0.25) is 14.5 Å². The molecule has 20 heavy (non-hydrogen) atoms. The molecule has 1 aromatic rings. The molecule has 0 aliphatic carbocycles. The Bertz CT molecular complexity index is 513. The quantitative estimate of drug-likeness (QED) is 0.866. The molecule has 2 rings (SSSR count). The molecule has 0 radical (unpaired) electrons. The fourth-order valence-electron chi connectivity index (χ4n) is 2.63. The summed E-state index contributed by atoms with van der Waals surface area (Å²) in [5.41, 5.74) is 5.67. The highest BCUT2D eigenvalue weighted by atomic mass is 19.1. The number of rotatable bonds is 4. The van der Waals surface area contributed by atoms with Gasteiger partial charge in [0.2, 0.25) is 5.91 Å². The molecule has 0 saturated carbocycles. The van der Waals surface area contributed by atoms with Crippen LogP contribution in [0.25, 0.3) is 0 Å². The number of primary amides is 1. The molecular formula is C14H17FN2O3. The zero-order valence-electron chi connectivity index (χ0n) is 11.0. The summed E-state index contributed by atoms with van der Waals surface area (Å²) in [5.74, 6) is -2.02. The number of nitrogens with zero attached hydrogens (tertiary/aromatic N) is 1. The van der Waals surface area contributed by atoms with Gasteiger partial charge in [-0.1, -0.05) is 12.1 Å². The summed E-state index contributed by atoms with van der Waals surface area (Å²) in [4.78, 5) is 24.3. The van der Waals surface area contributed by atoms with E-state index in [-0.39, 0.29) is 11.8 Å². The lowest BCUT2D eigenvalue weighted by atomic mass is 9.93. The number of aliphatic carboxylic acids is 1. The van der Waals surface area contributed by atoms with Crippen LogP contribution in [0.5, 0.6) is 0 Å².